The number of hydrogen-bond donors (Lipinski definition) is 1. The molecule has 108 valence electrons. The number of rotatable bonds is 5. The van der Waals surface area contributed by atoms with Crippen molar-refractivity contribution in [1.82, 2.24) is 0 Å². The fourth-order valence-electron chi connectivity index (χ4n) is 2.04. The molecule has 0 amide bonds. The summed E-state index contributed by atoms with van der Waals surface area (Å²) in [5.74, 6) is 1.79. The van der Waals surface area contributed by atoms with Crippen LogP contribution in [-0.4, -0.2) is 26.4 Å². The van der Waals surface area contributed by atoms with E-state index in [9.17, 15) is 5.11 Å². The summed E-state index contributed by atoms with van der Waals surface area (Å²) in [4.78, 5) is 0. The Kier molecular flexibility index (Phi) is 5.06. The Labute approximate surface area is 115 Å². The highest BCUT2D eigenvalue weighted by Gasteiger charge is 2.25. The molecule has 1 aromatic rings. The van der Waals surface area contributed by atoms with Gasteiger partial charge in [-0.05, 0) is 11.8 Å². The highest BCUT2D eigenvalue weighted by Crippen LogP contribution is 2.41. The van der Waals surface area contributed by atoms with Crippen molar-refractivity contribution >= 4 is 0 Å². The van der Waals surface area contributed by atoms with Crippen LogP contribution in [0.4, 0.5) is 0 Å². The zero-order valence-corrected chi connectivity index (χ0v) is 12.6. The van der Waals surface area contributed by atoms with Crippen molar-refractivity contribution < 1.29 is 19.3 Å². The van der Waals surface area contributed by atoms with E-state index in [0.717, 1.165) is 0 Å². The fourth-order valence-corrected chi connectivity index (χ4v) is 2.04. The number of aliphatic hydroxyl groups excluding tert-OH is 1. The monoisotopic (exact) mass is 268 g/mol. The van der Waals surface area contributed by atoms with Gasteiger partial charge in [-0.2, -0.15) is 0 Å². The highest BCUT2D eigenvalue weighted by atomic mass is 16.5. The van der Waals surface area contributed by atoms with Crippen molar-refractivity contribution in [3.05, 3.63) is 17.7 Å². The molecule has 1 unspecified atom stereocenters. The van der Waals surface area contributed by atoms with Gasteiger partial charge in [-0.25, -0.2) is 0 Å². The normalized spacial score (nSPS) is 13.0. The van der Waals surface area contributed by atoms with E-state index >= 15 is 0 Å². The summed E-state index contributed by atoms with van der Waals surface area (Å²) in [6.07, 6.45) is -0.0257. The van der Waals surface area contributed by atoms with Crippen LogP contribution < -0.4 is 14.2 Å². The standard InChI is InChI=1S/C15H24O4/c1-15(2,3)9-11(16)14-12(18-5)7-10(17-4)8-13(14)19-6/h7-8,11,16H,9H2,1-6H3. The van der Waals surface area contributed by atoms with Gasteiger partial charge in [0.2, 0.25) is 0 Å². The van der Waals surface area contributed by atoms with Crippen LogP contribution in [-0.2, 0) is 0 Å². The molecule has 0 bridgehead atoms. The molecular weight excluding hydrogens is 244 g/mol. The van der Waals surface area contributed by atoms with Gasteiger partial charge in [-0.15, -0.1) is 0 Å². The molecule has 0 aromatic heterocycles. The maximum absolute atomic E-state index is 10.4. The minimum atomic E-state index is -0.643. The van der Waals surface area contributed by atoms with E-state index in [0.29, 0.717) is 29.2 Å². The van der Waals surface area contributed by atoms with Gasteiger partial charge in [-0.1, -0.05) is 20.8 Å². The van der Waals surface area contributed by atoms with Gasteiger partial charge >= 0.3 is 0 Å². The molecule has 0 aliphatic heterocycles. The zero-order chi connectivity index (χ0) is 14.6. The zero-order valence-electron chi connectivity index (χ0n) is 12.6. The molecule has 0 heterocycles. The molecule has 0 saturated heterocycles. The third kappa shape index (κ3) is 4.03. The predicted molar refractivity (Wildman–Crippen MR) is 75.1 cm³/mol. The highest BCUT2D eigenvalue weighted by molar-refractivity contribution is 5.51. The van der Waals surface area contributed by atoms with E-state index in [1.807, 2.05) is 0 Å². The first-order valence-corrected chi connectivity index (χ1v) is 6.30. The van der Waals surface area contributed by atoms with Crippen LogP contribution in [0.15, 0.2) is 12.1 Å². The second-order valence-electron chi connectivity index (χ2n) is 5.73. The SMILES string of the molecule is COc1cc(OC)c(C(O)CC(C)(C)C)c(OC)c1. The van der Waals surface area contributed by atoms with Crippen LogP contribution >= 0.6 is 0 Å². The Balaban J connectivity index is 3.23. The molecule has 0 aliphatic carbocycles. The van der Waals surface area contributed by atoms with Crippen molar-refractivity contribution in [3.8, 4) is 17.2 Å². The van der Waals surface area contributed by atoms with Gasteiger partial charge in [0.15, 0.2) is 0 Å². The molecule has 0 radical (unpaired) electrons. The van der Waals surface area contributed by atoms with E-state index in [1.54, 1.807) is 33.5 Å². The lowest BCUT2D eigenvalue weighted by molar-refractivity contribution is 0.116. The van der Waals surface area contributed by atoms with Crippen LogP contribution in [0.3, 0.4) is 0 Å². The molecule has 0 aliphatic rings. The van der Waals surface area contributed by atoms with Gasteiger partial charge in [0, 0.05) is 12.1 Å². The molecule has 4 heteroatoms. The van der Waals surface area contributed by atoms with Crippen LogP contribution in [0, 0.1) is 5.41 Å². The number of aliphatic hydroxyl groups is 1. The lowest BCUT2D eigenvalue weighted by Gasteiger charge is -2.25. The van der Waals surface area contributed by atoms with Gasteiger partial charge in [-0.3, -0.25) is 0 Å². The van der Waals surface area contributed by atoms with E-state index in [2.05, 4.69) is 20.8 Å². The lowest BCUT2D eigenvalue weighted by atomic mass is 9.86. The maximum atomic E-state index is 10.4. The van der Waals surface area contributed by atoms with Gasteiger partial charge < -0.3 is 19.3 Å². The predicted octanol–water partition coefficient (Wildman–Crippen LogP) is 3.18. The molecule has 0 saturated carbocycles. The number of methoxy groups -OCH3 is 3. The van der Waals surface area contributed by atoms with Crippen molar-refractivity contribution in [3.63, 3.8) is 0 Å². The Morgan fingerprint density at radius 1 is 1.00 bits per heavy atom. The summed E-state index contributed by atoms with van der Waals surface area (Å²) in [6, 6.07) is 3.51. The van der Waals surface area contributed by atoms with E-state index in [4.69, 9.17) is 14.2 Å². The average Bonchev–Trinajstić information content (AvgIpc) is 2.34. The Morgan fingerprint density at radius 3 is 1.79 bits per heavy atom. The number of benzene rings is 1. The smallest absolute Gasteiger partial charge is 0.132 e. The molecule has 1 atom stereocenters. The first-order valence-electron chi connectivity index (χ1n) is 6.30. The van der Waals surface area contributed by atoms with Crippen molar-refractivity contribution in [2.75, 3.05) is 21.3 Å². The second-order valence-corrected chi connectivity index (χ2v) is 5.73. The summed E-state index contributed by atoms with van der Waals surface area (Å²) in [5.41, 5.74) is 0.677. The van der Waals surface area contributed by atoms with Crippen molar-refractivity contribution in [2.24, 2.45) is 5.41 Å². The molecule has 1 aromatic carbocycles. The second kappa shape index (κ2) is 6.15. The van der Waals surface area contributed by atoms with Crippen molar-refractivity contribution in [1.29, 1.82) is 0 Å². The average molecular weight is 268 g/mol. The van der Waals surface area contributed by atoms with Gasteiger partial charge in [0.1, 0.15) is 17.2 Å². The Morgan fingerprint density at radius 2 is 1.47 bits per heavy atom. The van der Waals surface area contributed by atoms with Gasteiger partial charge in [0.05, 0.1) is 33.0 Å². The first kappa shape index (κ1) is 15.6. The largest absolute Gasteiger partial charge is 0.496 e. The van der Waals surface area contributed by atoms with Crippen LogP contribution in [0.25, 0.3) is 0 Å². The maximum Gasteiger partial charge on any atom is 0.132 e. The quantitative estimate of drug-likeness (QED) is 0.891. The topological polar surface area (TPSA) is 47.9 Å². The lowest BCUT2D eigenvalue weighted by Crippen LogP contribution is -2.13. The van der Waals surface area contributed by atoms with Crippen LogP contribution in [0.5, 0.6) is 17.2 Å². The molecular formula is C15H24O4. The summed E-state index contributed by atoms with van der Waals surface area (Å²) < 4.78 is 15.9. The minimum Gasteiger partial charge on any atom is -0.496 e. The summed E-state index contributed by atoms with van der Waals surface area (Å²) >= 11 is 0. The Bertz CT molecular complexity index is 396. The van der Waals surface area contributed by atoms with Crippen LogP contribution in [0.1, 0.15) is 38.9 Å². The third-order valence-corrected chi connectivity index (χ3v) is 2.89. The summed E-state index contributed by atoms with van der Waals surface area (Å²) in [6.45, 7) is 6.25. The molecule has 1 N–H and O–H groups in total. The van der Waals surface area contributed by atoms with E-state index in [-0.39, 0.29) is 5.41 Å². The molecule has 19 heavy (non-hydrogen) atoms. The summed E-state index contributed by atoms with van der Waals surface area (Å²) in [5, 5.41) is 10.4. The van der Waals surface area contributed by atoms with E-state index in [1.165, 1.54) is 0 Å². The minimum absolute atomic E-state index is 0.00929. The van der Waals surface area contributed by atoms with Crippen molar-refractivity contribution in [2.45, 2.75) is 33.3 Å². The summed E-state index contributed by atoms with van der Waals surface area (Å²) in [7, 11) is 4.72. The molecule has 1 rings (SSSR count). The molecule has 4 nitrogen and oxygen atoms in total. The van der Waals surface area contributed by atoms with Crippen LogP contribution in [0.2, 0.25) is 0 Å². The van der Waals surface area contributed by atoms with E-state index < -0.39 is 6.10 Å². The number of ether oxygens (including phenoxy) is 3. The molecule has 0 fully saturated rings. The molecule has 0 spiro atoms. The third-order valence-electron chi connectivity index (χ3n) is 2.89. The first-order chi connectivity index (χ1) is 8.82. The number of hydrogen-bond acceptors (Lipinski definition) is 4. The Hall–Kier alpha value is -1.42. The fraction of sp³-hybridized carbons (Fsp3) is 0.600. The van der Waals surface area contributed by atoms with Gasteiger partial charge in [0.25, 0.3) is 0 Å².